The molecule has 0 unspecified atom stereocenters. The molecule has 168 valence electrons. The third-order valence-electron chi connectivity index (χ3n) is 7.75. The number of aromatic nitrogens is 4. The summed E-state index contributed by atoms with van der Waals surface area (Å²) in [5, 5.41) is 7.58. The van der Waals surface area contributed by atoms with E-state index >= 15 is 0 Å². The molecule has 2 N–H and O–H groups in total. The Bertz CT molecular complexity index is 1310. The van der Waals surface area contributed by atoms with Gasteiger partial charge in [-0.15, -0.1) is 4.72 Å². The van der Waals surface area contributed by atoms with Crippen molar-refractivity contribution in [2.24, 2.45) is 12.5 Å². The number of nitrogens with one attached hydrogen (secondary N) is 2. The SMILES string of the molecule is Cn1c(N2CCC3(CC2)Cc2cccc4c2[C@H]3N[S@+]([O-])C4(C)C)nc2[nH]nc(I)c2c1=O. The first kappa shape index (κ1) is 20.9. The van der Waals surface area contributed by atoms with Crippen LogP contribution >= 0.6 is 22.6 Å². The molecule has 0 saturated carbocycles. The van der Waals surface area contributed by atoms with Crippen LogP contribution in [0.25, 0.3) is 11.0 Å². The fourth-order valence-corrected chi connectivity index (χ4v) is 7.74. The lowest BCUT2D eigenvalue weighted by Gasteiger charge is -2.46. The Kier molecular flexibility index (Phi) is 4.54. The lowest BCUT2D eigenvalue weighted by molar-refractivity contribution is 0.172. The molecule has 1 aliphatic carbocycles. The van der Waals surface area contributed by atoms with E-state index in [1.54, 1.807) is 11.6 Å². The fraction of sp³-hybridized carbons (Fsp3) is 0.500. The molecule has 32 heavy (non-hydrogen) atoms. The highest BCUT2D eigenvalue weighted by molar-refractivity contribution is 14.1. The molecule has 6 rings (SSSR count). The first-order valence-electron chi connectivity index (χ1n) is 10.9. The average molecular weight is 564 g/mol. The summed E-state index contributed by atoms with van der Waals surface area (Å²) in [4.78, 5) is 19.8. The maximum atomic E-state index is 13.1. The minimum absolute atomic E-state index is 0.0351. The van der Waals surface area contributed by atoms with E-state index in [4.69, 9.17) is 4.98 Å². The van der Waals surface area contributed by atoms with Crippen molar-refractivity contribution < 1.29 is 4.55 Å². The Balaban J connectivity index is 1.33. The Morgan fingerprint density at radius 2 is 2.03 bits per heavy atom. The summed E-state index contributed by atoms with van der Waals surface area (Å²) in [6.07, 6.45) is 2.90. The largest absolute Gasteiger partial charge is 0.597 e. The molecule has 3 aromatic rings. The van der Waals surface area contributed by atoms with Crippen molar-refractivity contribution in [2.45, 2.75) is 43.9 Å². The molecule has 1 saturated heterocycles. The smallest absolute Gasteiger partial charge is 0.266 e. The van der Waals surface area contributed by atoms with Gasteiger partial charge in [0, 0.05) is 42.5 Å². The van der Waals surface area contributed by atoms with Crippen LogP contribution in [0.3, 0.4) is 0 Å². The molecule has 0 amide bonds. The van der Waals surface area contributed by atoms with Crippen LogP contribution in [0.1, 0.15) is 49.4 Å². The van der Waals surface area contributed by atoms with Crippen LogP contribution in [0.4, 0.5) is 5.95 Å². The standard InChI is InChI=1S/C22H25IN6O2S/c1-21(2)13-6-4-5-12-11-22(16(14(12)13)27-32(21)31)7-9-29(10-8-22)20-24-18-15(17(23)25-26-18)19(30)28(20)3/h4-6,16,27H,7-11H2,1-3H3,(H,25,26)/t16-,32-/m1/s1. The van der Waals surface area contributed by atoms with Gasteiger partial charge in [-0.3, -0.25) is 14.5 Å². The van der Waals surface area contributed by atoms with Crippen molar-refractivity contribution in [1.29, 1.82) is 0 Å². The molecule has 2 aliphatic heterocycles. The minimum Gasteiger partial charge on any atom is -0.597 e. The summed E-state index contributed by atoms with van der Waals surface area (Å²) in [7, 11) is 1.78. The first-order valence-corrected chi connectivity index (χ1v) is 13.1. The number of benzene rings is 1. The molecule has 2 aromatic heterocycles. The van der Waals surface area contributed by atoms with Gasteiger partial charge in [0.25, 0.3) is 5.56 Å². The number of hydrogen-bond donors (Lipinski definition) is 2. The lowest BCUT2D eigenvalue weighted by Crippen LogP contribution is -2.53. The first-order chi connectivity index (χ1) is 15.2. The second kappa shape index (κ2) is 6.94. The van der Waals surface area contributed by atoms with Gasteiger partial charge in [0.1, 0.15) is 9.09 Å². The number of anilines is 1. The molecule has 8 nitrogen and oxygen atoms in total. The summed E-state index contributed by atoms with van der Waals surface area (Å²) in [5.74, 6) is 0.676. The number of hydrogen-bond acceptors (Lipinski definition) is 6. The molecule has 1 spiro atoms. The number of rotatable bonds is 1. The molecular formula is C22H25IN6O2S. The minimum atomic E-state index is -1.13. The zero-order valence-electron chi connectivity index (χ0n) is 18.2. The van der Waals surface area contributed by atoms with E-state index in [-0.39, 0.29) is 17.0 Å². The van der Waals surface area contributed by atoms with Gasteiger partial charge in [-0.05, 0) is 66.8 Å². The predicted molar refractivity (Wildman–Crippen MR) is 133 cm³/mol. The van der Waals surface area contributed by atoms with E-state index in [1.165, 1.54) is 16.7 Å². The third-order valence-corrected chi connectivity index (χ3v) is 10.1. The summed E-state index contributed by atoms with van der Waals surface area (Å²) in [6, 6.07) is 6.61. The molecule has 0 bridgehead atoms. The number of fused-ring (bicyclic) bond motifs is 2. The van der Waals surface area contributed by atoms with Gasteiger partial charge in [0.15, 0.2) is 10.4 Å². The molecule has 3 aliphatic rings. The average Bonchev–Trinajstić information content (AvgIpc) is 3.28. The van der Waals surface area contributed by atoms with Crippen LogP contribution in [0.2, 0.25) is 0 Å². The quantitative estimate of drug-likeness (QED) is 0.348. The maximum Gasteiger partial charge on any atom is 0.266 e. The number of aromatic amines is 1. The lowest BCUT2D eigenvalue weighted by atomic mass is 9.72. The number of H-pyrrole nitrogens is 1. The molecule has 1 aromatic carbocycles. The van der Waals surface area contributed by atoms with Crippen molar-refractivity contribution in [3.8, 4) is 0 Å². The molecule has 10 heteroatoms. The van der Waals surface area contributed by atoms with Crippen LogP contribution in [-0.4, -0.2) is 37.4 Å². The zero-order chi connectivity index (χ0) is 22.4. The monoisotopic (exact) mass is 564 g/mol. The van der Waals surface area contributed by atoms with Crippen molar-refractivity contribution in [1.82, 2.24) is 24.5 Å². The number of piperidine rings is 1. The summed E-state index contributed by atoms with van der Waals surface area (Å²) < 4.78 is 18.5. The van der Waals surface area contributed by atoms with Gasteiger partial charge < -0.3 is 9.45 Å². The fourth-order valence-electron chi connectivity index (χ4n) is 5.87. The second-order valence-corrected chi connectivity index (χ2v) is 12.6. The van der Waals surface area contributed by atoms with E-state index in [2.05, 4.69) is 74.5 Å². The Labute approximate surface area is 202 Å². The van der Waals surface area contributed by atoms with Crippen LogP contribution < -0.4 is 15.2 Å². The van der Waals surface area contributed by atoms with Gasteiger partial charge in [0.05, 0.1) is 6.04 Å². The van der Waals surface area contributed by atoms with Crippen LogP contribution in [0, 0.1) is 9.12 Å². The van der Waals surface area contributed by atoms with E-state index < -0.39 is 16.1 Å². The molecule has 1 fully saturated rings. The van der Waals surface area contributed by atoms with Crippen molar-refractivity contribution in [3.05, 3.63) is 48.9 Å². The highest BCUT2D eigenvalue weighted by Crippen LogP contribution is 2.57. The van der Waals surface area contributed by atoms with Crippen LogP contribution in [-0.2, 0) is 29.6 Å². The van der Waals surface area contributed by atoms with E-state index in [0.717, 1.165) is 32.4 Å². The summed E-state index contributed by atoms with van der Waals surface area (Å²) in [6.45, 7) is 5.73. The Morgan fingerprint density at radius 3 is 2.78 bits per heavy atom. The van der Waals surface area contributed by atoms with Gasteiger partial charge in [0.2, 0.25) is 5.95 Å². The highest BCUT2D eigenvalue weighted by Gasteiger charge is 2.56. The second-order valence-electron chi connectivity index (χ2n) is 9.75. The normalized spacial score (nSPS) is 25.5. The topological polar surface area (TPSA) is 102 Å². The van der Waals surface area contributed by atoms with Gasteiger partial charge in [-0.1, -0.05) is 18.2 Å². The van der Waals surface area contributed by atoms with Crippen molar-refractivity contribution >= 4 is 50.9 Å². The van der Waals surface area contributed by atoms with E-state index in [9.17, 15) is 9.35 Å². The molecule has 0 radical (unpaired) electrons. The van der Waals surface area contributed by atoms with Gasteiger partial charge in [-0.25, -0.2) is 0 Å². The molecule has 4 heterocycles. The van der Waals surface area contributed by atoms with Crippen LogP contribution in [0.15, 0.2) is 23.0 Å². The predicted octanol–water partition coefficient (Wildman–Crippen LogP) is 2.65. The maximum absolute atomic E-state index is 13.1. The highest BCUT2D eigenvalue weighted by atomic mass is 127. The molecule has 2 atom stereocenters. The zero-order valence-corrected chi connectivity index (χ0v) is 21.2. The Hall–Kier alpha value is -1.63. The van der Waals surface area contributed by atoms with Crippen molar-refractivity contribution in [2.75, 3.05) is 18.0 Å². The number of nitrogens with zero attached hydrogens (tertiary/aromatic N) is 4. The third kappa shape index (κ3) is 2.72. The molecular weight excluding hydrogens is 539 g/mol. The Morgan fingerprint density at radius 1 is 1.28 bits per heavy atom. The van der Waals surface area contributed by atoms with Gasteiger partial charge >= 0.3 is 0 Å². The van der Waals surface area contributed by atoms with Gasteiger partial charge in [-0.2, -0.15) is 10.1 Å². The van der Waals surface area contributed by atoms with E-state index in [1.807, 2.05) is 0 Å². The van der Waals surface area contributed by atoms with Crippen LogP contribution in [0.5, 0.6) is 0 Å². The van der Waals surface area contributed by atoms with E-state index in [0.29, 0.717) is 20.7 Å². The number of halogens is 1. The summed E-state index contributed by atoms with van der Waals surface area (Å²) in [5.41, 5.74) is 4.47. The summed E-state index contributed by atoms with van der Waals surface area (Å²) >= 11 is 0.926. The van der Waals surface area contributed by atoms with Crippen molar-refractivity contribution in [3.63, 3.8) is 0 Å².